The van der Waals surface area contributed by atoms with Gasteiger partial charge in [-0.15, -0.1) is 0 Å². The van der Waals surface area contributed by atoms with Gasteiger partial charge in [-0.05, 0) is 24.3 Å². The number of hydrogen-bond donors (Lipinski definition) is 3. The molecule has 5 heteroatoms. The Morgan fingerprint density at radius 2 is 1.67 bits per heavy atom. The molecule has 0 aromatic heterocycles. The van der Waals surface area contributed by atoms with Gasteiger partial charge in [-0.1, -0.05) is 30.3 Å². The van der Waals surface area contributed by atoms with Gasteiger partial charge in [0.25, 0.3) is 0 Å². The standard InChI is InChI=1S/C13H13N3O2/c14-16-13(17)15-11-8-4-5-9-12(11)18-10-6-2-1-3-7-10/h1-9H,14H2,(H2,15,16,17). The highest BCUT2D eigenvalue weighted by Gasteiger charge is 2.06. The minimum atomic E-state index is -0.501. The molecule has 0 bridgehead atoms. The molecule has 0 spiro atoms. The van der Waals surface area contributed by atoms with E-state index in [9.17, 15) is 4.79 Å². The lowest BCUT2D eigenvalue weighted by atomic mass is 10.3. The zero-order chi connectivity index (χ0) is 12.8. The molecule has 0 unspecified atom stereocenters. The highest BCUT2D eigenvalue weighted by atomic mass is 16.5. The molecule has 92 valence electrons. The fourth-order valence-corrected chi connectivity index (χ4v) is 1.43. The number of urea groups is 1. The molecule has 2 aromatic rings. The summed E-state index contributed by atoms with van der Waals surface area (Å²) in [5.74, 6) is 6.26. The van der Waals surface area contributed by atoms with Crippen molar-refractivity contribution < 1.29 is 9.53 Å². The van der Waals surface area contributed by atoms with Gasteiger partial charge in [0.05, 0.1) is 5.69 Å². The van der Waals surface area contributed by atoms with Crippen molar-refractivity contribution in [3.63, 3.8) is 0 Å². The summed E-state index contributed by atoms with van der Waals surface area (Å²) < 4.78 is 5.67. The van der Waals surface area contributed by atoms with Crippen LogP contribution in [0.25, 0.3) is 0 Å². The number of hydrazine groups is 1. The second-order valence-corrected chi connectivity index (χ2v) is 3.51. The van der Waals surface area contributed by atoms with Gasteiger partial charge in [0.15, 0.2) is 5.75 Å². The zero-order valence-corrected chi connectivity index (χ0v) is 9.59. The Morgan fingerprint density at radius 1 is 1.00 bits per heavy atom. The molecule has 0 atom stereocenters. The summed E-state index contributed by atoms with van der Waals surface area (Å²) in [7, 11) is 0. The van der Waals surface area contributed by atoms with E-state index in [4.69, 9.17) is 10.6 Å². The van der Waals surface area contributed by atoms with Crippen LogP contribution in [0.15, 0.2) is 54.6 Å². The fourth-order valence-electron chi connectivity index (χ4n) is 1.43. The van der Waals surface area contributed by atoms with E-state index in [0.29, 0.717) is 17.2 Å². The summed E-state index contributed by atoms with van der Waals surface area (Å²) in [6.45, 7) is 0. The predicted octanol–water partition coefficient (Wildman–Crippen LogP) is 2.47. The van der Waals surface area contributed by atoms with Crippen molar-refractivity contribution >= 4 is 11.7 Å². The Hall–Kier alpha value is -2.53. The second-order valence-electron chi connectivity index (χ2n) is 3.51. The van der Waals surface area contributed by atoms with Crippen molar-refractivity contribution in [1.82, 2.24) is 5.43 Å². The number of hydrogen-bond acceptors (Lipinski definition) is 3. The third-order valence-electron chi connectivity index (χ3n) is 2.24. The number of carbonyl (C=O) groups is 1. The Kier molecular flexibility index (Phi) is 3.78. The number of ether oxygens (including phenoxy) is 1. The molecule has 18 heavy (non-hydrogen) atoms. The summed E-state index contributed by atoms with van der Waals surface area (Å²) in [5, 5.41) is 2.58. The number of nitrogens with two attached hydrogens (primary N) is 1. The summed E-state index contributed by atoms with van der Waals surface area (Å²) in [6, 6.07) is 15.9. The van der Waals surface area contributed by atoms with Gasteiger partial charge in [-0.3, -0.25) is 5.43 Å². The van der Waals surface area contributed by atoms with Crippen molar-refractivity contribution in [3.8, 4) is 11.5 Å². The Bertz CT molecular complexity index is 529. The lowest BCUT2D eigenvalue weighted by Gasteiger charge is -2.11. The Balaban J connectivity index is 2.20. The highest BCUT2D eigenvalue weighted by Crippen LogP contribution is 2.28. The van der Waals surface area contributed by atoms with Crippen LogP contribution >= 0.6 is 0 Å². The number of carbonyl (C=O) groups excluding carboxylic acids is 1. The number of amides is 2. The van der Waals surface area contributed by atoms with E-state index in [1.165, 1.54) is 0 Å². The van der Waals surface area contributed by atoms with Gasteiger partial charge >= 0.3 is 6.03 Å². The normalized spacial score (nSPS) is 9.61. The molecule has 5 nitrogen and oxygen atoms in total. The maximum absolute atomic E-state index is 11.2. The topological polar surface area (TPSA) is 76.4 Å². The van der Waals surface area contributed by atoms with E-state index in [1.807, 2.05) is 41.8 Å². The van der Waals surface area contributed by atoms with Crippen LogP contribution in [-0.2, 0) is 0 Å². The summed E-state index contributed by atoms with van der Waals surface area (Å²) in [6.07, 6.45) is 0. The first kappa shape index (κ1) is 11.9. The fraction of sp³-hybridized carbons (Fsp3) is 0. The van der Waals surface area contributed by atoms with Crippen LogP contribution < -0.4 is 21.3 Å². The number of nitrogens with one attached hydrogen (secondary N) is 2. The van der Waals surface area contributed by atoms with Crippen molar-refractivity contribution in [2.24, 2.45) is 5.84 Å². The van der Waals surface area contributed by atoms with E-state index < -0.39 is 6.03 Å². The van der Waals surface area contributed by atoms with E-state index in [2.05, 4.69) is 5.32 Å². The highest BCUT2D eigenvalue weighted by molar-refractivity contribution is 5.90. The van der Waals surface area contributed by atoms with Crippen LogP contribution in [0.2, 0.25) is 0 Å². The van der Waals surface area contributed by atoms with E-state index in [1.54, 1.807) is 18.2 Å². The van der Waals surface area contributed by atoms with Crippen LogP contribution in [0.3, 0.4) is 0 Å². The van der Waals surface area contributed by atoms with Gasteiger partial charge in [-0.25, -0.2) is 10.6 Å². The minimum Gasteiger partial charge on any atom is -0.455 e. The monoisotopic (exact) mass is 243 g/mol. The van der Waals surface area contributed by atoms with Crippen LogP contribution in [0.5, 0.6) is 11.5 Å². The zero-order valence-electron chi connectivity index (χ0n) is 9.59. The molecule has 0 saturated heterocycles. The van der Waals surface area contributed by atoms with Gasteiger partial charge < -0.3 is 10.1 Å². The predicted molar refractivity (Wildman–Crippen MR) is 69.3 cm³/mol. The number of benzene rings is 2. The van der Waals surface area contributed by atoms with E-state index in [0.717, 1.165) is 0 Å². The molecular formula is C13H13N3O2. The molecule has 0 aliphatic rings. The second kappa shape index (κ2) is 5.70. The summed E-state index contributed by atoms with van der Waals surface area (Å²) in [4.78, 5) is 11.2. The average Bonchev–Trinajstić information content (AvgIpc) is 2.42. The van der Waals surface area contributed by atoms with Gasteiger partial charge in [0.1, 0.15) is 5.75 Å². The first-order chi connectivity index (χ1) is 8.79. The van der Waals surface area contributed by atoms with E-state index in [-0.39, 0.29) is 0 Å². The average molecular weight is 243 g/mol. The van der Waals surface area contributed by atoms with Crippen molar-refractivity contribution in [2.45, 2.75) is 0 Å². The van der Waals surface area contributed by atoms with Gasteiger partial charge in [0, 0.05) is 0 Å². The molecule has 0 saturated carbocycles. The number of rotatable bonds is 3. The molecule has 0 fully saturated rings. The molecule has 0 heterocycles. The van der Waals surface area contributed by atoms with E-state index >= 15 is 0 Å². The maximum atomic E-state index is 11.2. The molecule has 4 N–H and O–H groups in total. The quantitative estimate of drug-likeness (QED) is 0.440. The van der Waals surface area contributed by atoms with Crippen LogP contribution in [0.1, 0.15) is 0 Å². The summed E-state index contributed by atoms with van der Waals surface area (Å²) >= 11 is 0. The Labute approximate surface area is 105 Å². The Morgan fingerprint density at radius 3 is 2.39 bits per heavy atom. The van der Waals surface area contributed by atoms with Crippen LogP contribution in [0, 0.1) is 0 Å². The first-order valence-electron chi connectivity index (χ1n) is 5.39. The van der Waals surface area contributed by atoms with Crippen LogP contribution in [-0.4, -0.2) is 6.03 Å². The van der Waals surface area contributed by atoms with Crippen molar-refractivity contribution in [2.75, 3.05) is 5.32 Å². The van der Waals surface area contributed by atoms with Gasteiger partial charge in [-0.2, -0.15) is 0 Å². The molecule has 2 aromatic carbocycles. The molecule has 2 amide bonds. The lowest BCUT2D eigenvalue weighted by Crippen LogP contribution is -2.34. The maximum Gasteiger partial charge on any atom is 0.333 e. The third kappa shape index (κ3) is 2.99. The number of para-hydroxylation sites is 3. The third-order valence-corrected chi connectivity index (χ3v) is 2.24. The first-order valence-corrected chi connectivity index (χ1v) is 5.39. The molecule has 0 radical (unpaired) electrons. The van der Waals surface area contributed by atoms with Crippen molar-refractivity contribution in [3.05, 3.63) is 54.6 Å². The molecule has 2 rings (SSSR count). The molecular weight excluding hydrogens is 230 g/mol. The van der Waals surface area contributed by atoms with Crippen LogP contribution in [0.4, 0.5) is 10.5 Å². The number of anilines is 1. The molecule has 0 aliphatic carbocycles. The smallest absolute Gasteiger partial charge is 0.333 e. The minimum absolute atomic E-state index is 0.501. The summed E-state index contributed by atoms with van der Waals surface area (Å²) in [5.41, 5.74) is 2.54. The van der Waals surface area contributed by atoms with Crippen molar-refractivity contribution in [1.29, 1.82) is 0 Å². The largest absolute Gasteiger partial charge is 0.455 e. The van der Waals surface area contributed by atoms with Gasteiger partial charge in [0.2, 0.25) is 0 Å². The molecule has 0 aliphatic heterocycles. The SMILES string of the molecule is NNC(=O)Nc1ccccc1Oc1ccccc1. The lowest BCUT2D eigenvalue weighted by molar-refractivity contribution is 0.252.